The average Bonchev–Trinajstić information content (AvgIpc) is 3.17. The summed E-state index contributed by atoms with van der Waals surface area (Å²) >= 11 is 0. The number of hydrogen-bond donors (Lipinski definition) is 1. The minimum Gasteiger partial charge on any atom is -0.384 e. The molecule has 0 amide bonds. The van der Waals surface area contributed by atoms with Gasteiger partial charge in [0.1, 0.15) is 0 Å². The zero-order valence-corrected chi connectivity index (χ0v) is 12.6. The third kappa shape index (κ3) is 2.86. The predicted octanol–water partition coefficient (Wildman–Crippen LogP) is 2.79. The second-order valence-corrected chi connectivity index (χ2v) is 6.23. The van der Waals surface area contributed by atoms with Gasteiger partial charge in [-0.2, -0.15) is 4.98 Å². The Hall–Kier alpha value is -1.88. The summed E-state index contributed by atoms with van der Waals surface area (Å²) in [7, 11) is 0. The van der Waals surface area contributed by atoms with Crippen molar-refractivity contribution in [2.45, 2.75) is 31.6 Å². The maximum atomic E-state index is 5.46. The lowest BCUT2D eigenvalue weighted by atomic mass is 9.96. The molecule has 2 aliphatic rings. The van der Waals surface area contributed by atoms with Crippen LogP contribution in [0.5, 0.6) is 0 Å². The van der Waals surface area contributed by atoms with Crippen LogP contribution in [0.2, 0.25) is 0 Å². The molecule has 0 aliphatic carbocycles. The van der Waals surface area contributed by atoms with Crippen molar-refractivity contribution < 1.29 is 9.26 Å². The molecule has 2 aliphatic heterocycles. The molecule has 1 N–H and O–H groups in total. The number of anilines is 1. The van der Waals surface area contributed by atoms with Crippen molar-refractivity contribution in [2.75, 3.05) is 25.1 Å². The molecular formula is C17H21N3O2. The third-order valence-electron chi connectivity index (χ3n) is 4.68. The predicted molar refractivity (Wildman–Crippen MR) is 82.9 cm³/mol. The smallest absolute Gasteiger partial charge is 0.227 e. The molecule has 0 radical (unpaired) electrons. The lowest BCUT2D eigenvalue weighted by Crippen LogP contribution is -2.18. The van der Waals surface area contributed by atoms with Crippen molar-refractivity contribution in [2.24, 2.45) is 5.92 Å². The molecular weight excluding hydrogens is 278 g/mol. The van der Waals surface area contributed by atoms with Gasteiger partial charge in [-0.1, -0.05) is 23.4 Å². The van der Waals surface area contributed by atoms with Gasteiger partial charge in [0.2, 0.25) is 5.89 Å². The van der Waals surface area contributed by atoms with E-state index in [2.05, 4.69) is 39.7 Å². The van der Waals surface area contributed by atoms with E-state index >= 15 is 0 Å². The van der Waals surface area contributed by atoms with Crippen LogP contribution in [0.15, 0.2) is 28.8 Å². The molecule has 4 rings (SSSR count). The molecule has 1 fully saturated rings. The Labute approximate surface area is 130 Å². The highest BCUT2D eigenvalue weighted by Gasteiger charge is 2.24. The number of nitrogens with zero attached hydrogens (tertiary/aromatic N) is 2. The Morgan fingerprint density at radius 3 is 2.91 bits per heavy atom. The molecule has 1 aromatic carbocycles. The number of ether oxygens (including phenoxy) is 1. The van der Waals surface area contributed by atoms with Gasteiger partial charge in [0.05, 0.1) is 0 Å². The van der Waals surface area contributed by atoms with Crippen LogP contribution in [0.25, 0.3) is 0 Å². The molecule has 2 aromatic rings. The van der Waals surface area contributed by atoms with E-state index in [-0.39, 0.29) is 0 Å². The summed E-state index contributed by atoms with van der Waals surface area (Å²) in [5.74, 6) is 2.66. The number of hydrogen-bond acceptors (Lipinski definition) is 5. The molecule has 5 nitrogen and oxygen atoms in total. The molecule has 5 heteroatoms. The van der Waals surface area contributed by atoms with Gasteiger partial charge in [-0.05, 0) is 30.4 Å². The number of para-hydroxylation sites is 1. The van der Waals surface area contributed by atoms with E-state index in [0.29, 0.717) is 11.8 Å². The van der Waals surface area contributed by atoms with E-state index in [1.54, 1.807) is 0 Å². The molecule has 0 spiro atoms. The summed E-state index contributed by atoms with van der Waals surface area (Å²) in [6, 6.07) is 8.45. The molecule has 3 heterocycles. The van der Waals surface area contributed by atoms with Crippen LogP contribution < -0.4 is 5.32 Å². The van der Waals surface area contributed by atoms with Crippen LogP contribution in [-0.2, 0) is 17.6 Å². The standard InChI is InChI=1S/C17H21N3O2/c1-2-4-15-14(3-1)13(11-18-15)10-17-19-16(20-22-17)9-12-5-7-21-8-6-12/h1-4,12-13,18H,5-11H2. The van der Waals surface area contributed by atoms with Crippen LogP contribution in [0.1, 0.15) is 36.0 Å². The summed E-state index contributed by atoms with van der Waals surface area (Å²) in [5, 5.41) is 7.60. The molecule has 0 bridgehead atoms. The van der Waals surface area contributed by atoms with Crippen LogP contribution in [-0.4, -0.2) is 29.9 Å². The number of fused-ring (bicyclic) bond motifs is 1. The molecule has 22 heavy (non-hydrogen) atoms. The van der Waals surface area contributed by atoms with E-state index in [0.717, 1.165) is 57.2 Å². The van der Waals surface area contributed by atoms with Crippen LogP contribution in [0.4, 0.5) is 5.69 Å². The number of aromatic nitrogens is 2. The van der Waals surface area contributed by atoms with E-state index in [1.165, 1.54) is 11.3 Å². The maximum absolute atomic E-state index is 5.46. The fourth-order valence-corrected chi connectivity index (χ4v) is 3.41. The molecule has 1 saturated heterocycles. The largest absolute Gasteiger partial charge is 0.384 e. The van der Waals surface area contributed by atoms with Gasteiger partial charge in [-0.25, -0.2) is 0 Å². The molecule has 116 valence electrons. The summed E-state index contributed by atoms with van der Waals surface area (Å²) in [6.45, 7) is 2.66. The maximum Gasteiger partial charge on any atom is 0.227 e. The zero-order chi connectivity index (χ0) is 14.8. The highest BCUT2D eigenvalue weighted by Crippen LogP contribution is 2.33. The van der Waals surface area contributed by atoms with E-state index in [9.17, 15) is 0 Å². The number of benzene rings is 1. The van der Waals surface area contributed by atoms with Gasteiger partial charge < -0.3 is 14.6 Å². The van der Waals surface area contributed by atoms with Gasteiger partial charge in [-0.15, -0.1) is 0 Å². The third-order valence-corrected chi connectivity index (χ3v) is 4.68. The Bertz CT molecular complexity index is 634. The first-order valence-electron chi connectivity index (χ1n) is 8.10. The lowest BCUT2D eigenvalue weighted by Gasteiger charge is -2.20. The topological polar surface area (TPSA) is 60.2 Å². The Balaban J connectivity index is 1.40. The van der Waals surface area contributed by atoms with Gasteiger partial charge in [0.25, 0.3) is 0 Å². The van der Waals surface area contributed by atoms with Gasteiger partial charge in [0.15, 0.2) is 5.82 Å². The van der Waals surface area contributed by atoms with Gasteiger partial charge in [-0.3, -0.25) is 0 Å². The van der Waals surface area contributed by atoms with Crippen LogP contribution in [0, 0.1) is 5.92 Å². The van der Waals surface area contributed by atoms with Crippen molar-refractivity contribution in [3.8, 4) is 0 Å². The molecule has 0 saturated carbocycles. The second kappa shape index (κ2) is 6.08. The number of rotatable bonds is 4. The lowest BCUT2D eigenvalue weighted by molar-refractivity contribution is 0.0658. The molecule has 1 atom stereocenters. The van der Waals surface area contributed by atoms with E-state index < -0.39 is 0 Å². The van der Waals surface area contributed by atoms with Crippen LogP contribution in [0.3, 0.4) is 0 Å². The Morgan fingerprint density at radius 1 is 1.14 bits per heavy atom. The highest BCUT2D eigenvalue weighted by molar-refractivity contribution is 5.57. The summed E-state index contributed by atoms with van der Waals surface area (Å²) < 4.78 is 10.9. The first-order valence-corrected chi connectivity index (χ1v) is 8.10. The van der Waals surface area contributed by atoms with Crippen molar-refractivity contribution in [3.63, 3.8) is 0 Å². The van der Waals surface area contributed by atoms with Crippen molar-refractivity contribution in [1.82, 2.24) is 10.1 Å². The Kier molecular flexibility index (Phi) is 3.81. The average molecular weight is 299 g/mol. The Morgan fingerprint density at radius 2 is 2.00 bits per heavy atom. The second-order valence-electron chi connectivity index (χ2n) is 6.23. The summed E-state index contributed by atoms with van der Waals surface area (Å²) in [5.41, 5.74) is 2.58. The fraction of sp³-hybridized carbons (Fsp3) is 0.529. The zero-order valence-electron chi connectivity index (χ0n) is 12.6. The monoisotopic (exact) mass is 299 g/mol. The normalized spacial score (nSPS) is 21.5. The quantitative estimate of drug-likeness (QED) is 0.940. The highest BCUT2D eigenvalue weighted by atomic mass is 16.5. The minimum atomic E-state index is 0.424. The van der Waals surface area contributed by atoms with Crippen molar-refractivity contribution >= 4 is 5.69 Å². The summed E-state index contributed by atoms with van der Waals surface area (Å²) in [4.78, 5) is 4.59. The summed E-state index contributed by atoms with van der Waals surface area (Å²) in [6.07, 6.45) is 3.92. The SMILES string of the molecule is c1ccc2c(c1)NCC2Cc1nc(CC2CCOCC2)no1. The van der Waals surface area contributed by atoms with E-state index in [4.69, 9.17) is 9.26 Å². The van der Waals surface area contributed by atoms with Crippen LogP contribution >= 0.6 is 0 Å². The first-order chi connectivity index (χ1) is 10.9. The van der Waals surface area contributed by atoms with E-state index in [1.807, 2.05) is 0 Å². The van der Waals surface area contributed by atoms with Gasteiger partial charge in [0, 0.05) is 44.2 Å². The van der Waals surface area contributed by atoms with Gasteiger partial charge >= 0.3 is 0 Å². The number of nitrogens with one attached hydrogen (secondary N) is 1. The molecule has 1 aromatic heterocycles. The fourth-order valence-electron chi connectivity index (χ4n) is 3.41. The molecule has 1 unspecified atom stereocenters. The van der Waals surface area contributed by atoms with Crippen molar-refractivity contribution in [1.29, 1.82) is 0 Å². The first kappa shape index (κ1) is 13.8. The van der Waals surface area contributed by atoms with Crippen molar-refractivity contribution in [3.05, 3.63) is 41.5 Å². The minimum absolute atomic E-state index is 0.424.